The second-order valence-electron chi connectivity index (χ2n) is 17.4. The number of halogens is 4. The van der Waals surface area contributed by atoms with Gasteiger partial charge in [0.25, 0.3) is 25.8 Å². The van der Waals surface area contributed by atoms with Gasteiger partial charge < -0.3 is 15.0 Å². The summed E-state index contributed by atoms with van der Waals surface area (Å²) in [4.78, 5) is 18.9. The second-order valence-corrected chi connectivity index (χ2v) is 22.7. The Balaban J connectivity index is 1.02. The summed E-state index contributed by atoms with van der Waals surface area (Å²) in [5.41, 5.74) is -1.04. The van der Waals surface area contributed by atoms with Crippen LogP contribution in [0.3, 0.4) is 0 Å². The number of nitrogens with zero attached hydrogens (tertiary/aromatic N) is 3. The topological polar surface area (TPSA) is 128 Å². The second kappa shape index (κ2) is 20.8. The van der Waals surface area contributed by atoms with Crippen molar-refractivity contribution in [1.82, 2.24) is 14.5 Å². The molecule has 1 amide bonds. The predicted octanol–water partition coefficient (Wildman–Crippen LogP) is 9.18. The van der Waals surface area contributed by atoms with Crippen LogP contribution in [0.1, 0.15) is 61.9 Å². The van der Waals surface area contributed by atoms with Crippen molar-refractivity contribution < 1.29 is 39.5 Å². The van der Waals surface area contributed by atoms with Crippen molar-refractivity contribution in [3.05, 3.63) is 119 Å². The van der Waals surface area contributed by atoms with Crippen LogP contribution in [-0.2, 0) is 24.6 Å². The average molecular weight is 975 g/mol. The normalized spacial score (nSPS) is 18.3. The zero-order valence-electron chi connectivity index (χ0n) is 36.4. The number of ether oxygens (including phenoxy) is 1. The van der Waals surface area contributed by atoms with Gasteiger partial charge in [-0.25, -0.2) is 21.6 Å². The molecule has 2 saturated heterocycles. The van der Waals surface area contributed by atoms with Crippen molar-refractivity contribution in [1.29, 1.82) is 0 Å². The highest BCUT2D eigenvalue weighted by atomic mass is 35.5. The van der Waals surface area contributed by atoms with Crippen molar-refractivity contribution in [2.24, 2.45) is 5.41 Å². The van der Waals surface area contributed by atoms with Crippen LogP contribution in [0, 0.1) is 5.41 Å². The fourth-order valence-electron chi connectivity index (χ4n) is 8.52. The number of carbonyl (C=O) groups is 1. The lowest BCUT2D eigenvalue weighted by molar-refractivity contribution is -0.0435. The Morgan fingerprint density at radius 1 is 0.862 bits per heavy atom. The van der Waals surface area contributed by atoms with Crippen LogP contribution in [0.4, 0.5) is 24.5 Å². The van der Waals surface area contributed by atoms with E-state index in [1.54, 1.807) is 12.1 Å². The van der Waals surface area contributed by atoms with Crippen LogP contribution in [0.5, 0.6) is 0 Å². The summed E-state index contributed by atoms with van der Waals surface area (Å²) in [6, 6.07) is 26.0. The van der Waals surface area contributed by atoms with Gasteiger partial charge in [-0.3, -0.25) is 14.6 Å². The molecule has 0 aromatic heterocycles. The van der Waals surface area contributed by atoms with Crippen molar-refractivity contribution in [2.75, 3.05) is 75.8 Å². The van der Waals surface area contributed by atoms with Crippen LogP contribution in [-0.4, -0.2) is 109 Å². The van der Waals surface area contributed by atoms with Gasteiger partial charge in [0, 0.05) is 67.0 Å². The number of thioether (sulfide) groups is 1. The van der Waals surface area contributed by atoms with Crippen LogP contribution in [0.25, 0.3) is 5.57 Å². The molecule has 0 bridgehead atoms. The van der Waals surface area contributed by atoms with E-state index in [2.05, 4.69) is 46.0 Å². The van der Waals surface area contributed by atoms with Crippen molar-refractivity contribution in [3.63, 3.8) is 0 Å². The van der Waals surface area contributed by atoms with Gasteiger partial charge in [0.1, 0.15) is 4.90 Å². The average Bonchev–Trinajstić information content (AvgIpc) is 3.27. The molecule has 1 unspecified atom stereocenters. The molecule has 0 saturated carbocycles. The van der Waals surface area contributed by atoms with Gasteiger partial charge in [0.2, 0.25) is 0 Å². The predicted molar refractivity (Wildman–Crippen MR) is 252 cm³/mol. The number of alkyl halides is 3. The van der Waals surface area contributed by atoms with Crippen molar-refractivity contribution in [3.8, 4) is 0 Å². The van der Waals surface area contributed by atoms with Crippen LogP contribution < -0.4 is 14.9 Å². The Bertz CT molecular complexity index is 2530. The number of sulfonamides is 1. The van der Waals surface area contributed by atoms with E-state index in [0.29, 0.717) is 43.7 Å². The van der Waals surface area contributed by atoms with Crippen molar-refractivity contribution in [2.45, 2.75) is 71.5 Å². The third kappa shape index (κ3) is 12.7. The van der Waals surface area contributed by atoms with E-state index in [9.17, 15) is 34.8 Å². The summed E-state index contributed by atoms with van der Waals surface area (Å²) in [6.45, 7) is 12.0. The fraction of sp³-hybridized carbons (Fsp3) is 0.426. The van der Waals surface area contributed by atoms with Crippen LogP contribution >= 0.6 is 23.4 Å². The summed E-state index contributed by atoms with van der Waals surface area (Å²) in [6.07, 6.45) is 4.23. The van der Waals surface area contributed by atoms with E-state index < -0.39 is 52.1 Å². The number of allylic oxidation sites excluding steroid dienone is 1. The highest BCUT2D eigenvalue weighted by molar-refractivity contribution is 8.00. The van der Waals surface area contributed by atoms with Crippen LogP contribution in [0.15, 0.2) is 117 Å². The minimum atomic E-state index is -6.06. The third-order valence-electron chi connectivity index (χ3n) is 12.1. The first-order valence-electron chi connectivity index (χ1n) is 21.7. The quantitative estimate of drug-likeness (QED) is 0.0825. The Labute approximate surface area is 389 Å². The molecular weight excluding hydrogens is 919 g/mol. The molecule has 350 valence electrons. The number of hydrogen-bond donors (Lipinski definition) is 2. The molecule has 2 aliphatic heterocycles. The Kier molecular flexibility index (Phi) is 15.6. The fourth-order valence-corrected chi connectivity index (χ4v) is 11.8. The molecule has 4 aromatic rings. The number of morpholine rings is 1. The number of benzene rings is 4. The number of piperazine rings is 1. The largest absolute Gasteiger partial charge is 0.501 e. The standard InChI is InChI=1S/C47H55ClF3N5O6S3/c1-46(2)21-20-41(34-10-14-37(48)15-11-34)36(32-46)33-55-23-25-56(26-24-55)38-16-12-35(13-17-38)45(57)53-65(60,61)40-18-19-42(43(31-40)64(58,59)47(49,50)51)52-44(63-39-7-4-3-5-8-39)9-6-22-54-27-29-62-30-28-54/h3-5,7-8,10-19,31,44,52H,6,9,20-30,32-33H2,1-2H3,(H,53,57). The first kappa shape index (κ1) is 48.8. The maximum Gasteiger partial charge on any atom is 0.501 e. The molecule has 3 aliphatic rings. The summed E-state index contributed by atoms with van der Waals surface area (Å²) < 4.78 is 103. The number of amides is 1. The summed E-state index contributed by atoms with van der Waals surface area (Å²) in [7, 11) is -10.9. The lowest BCUT2D eigenvalue weighted by Crippen LogP contribution is -2.47. The Morgan fingerprint density at radius 3 is 2.20 bits per heavy atom. The van der Waals surface area contributed by atoms with E-state index >= 15 is 0 Å². The molecule has 0 radical (unpaired) electrons. The monoisotopic (exact) mass is 973 g/mol. The van der Waals surface area contributed by atoms with Gasteiger partial charge in [-0.1, -0.05) is 61.4 Å². The summed E-state index contributed by atoms with van der Waals surface area (Å²) in [5, 5.41) is 3.09. The zero-order chi connectivity index (χ0) is 46.4. The van der Waals surface area contributed by atoms with E-state index in [4.69, 9.17) is 16.3 Å². The number of nitrogens with one attached hydrogen (secondary N) is 2. The molecule has 2 fully saturated rings. The van der Waals surface area contributed by atoms with Crippen molar-refractivity contribution >= 4 is 66.1 Å². The van der Waals surface area contributed by atoms with Gasteiger partial charge in [-0.15, -0.1) is 11.8 Å². The molecular formula is C47H55ClF3N5O6S3. The molecule has 1 atom stereocenters. The molecule has 11 nitrogen and oxygen atoms in total. The van der Waals surface area contributed by atoms with E-state index in [1.165, 1.54) is 40.6 Å². The Hall–Kier alpha value is -4.10. The third-order valence-corrected chi connectivity index (χ3v) is 16.4. The minimum Gasteiger partial charge on any atom is -0.379 e. The first-order valence-corrected chi connectivity index (χ1v) is 25.9. The number of anilines is 2. The molecule has 18 heteroatoms. The SMILES string of the molecule is CC1(C)CCC(c2ccc(Cl)cc2)=C(CN2CCN(c3ccc(C(=O)NS(=O)(=O)c4ccc(NC(CCCN5CCOCC5)Sc5ccccc5)c(S(=O)(=O)C(F)(F)F)c4)cc3)CC2)C1. The molecule has 4 aromatic carbocycles. The maximum atomic E-state index is 14.2. The lowest BCUT2D eigenvalue weighted by atomic mass is 9.73. The van der Waals surface area contributed by atoms with Gasteiger partial charge in [-0.05, 0) is 122 Å². The first-order chi connectivity index (χ1) is 30.9. The summed E-state index contributed by atoms with van der Waals surface area (Å²) >= 11 is 7.50. The molecule has 7 rings (SSSR count). The molecule has 65 heavy (non-hydrogen) atoms. The molecule has 0 spiro atoms. The van der Waals surface area contributed by atoms with Gasteiger partial charge in [0.05, 0.1) is 29.2 Å². The highest BCUT2D eigenvalue weighted by Gasteiger charge is 2.48. The molecule has 1 aliphatic carbocycles. The molecule has 2 N–H and O–H groups in total. The minimum absolute atomic E-state index is 0.00294. The van der Waals surface area contributed by atoms with E-state index in [-0.39, 0.29) is 11.0 Å². The van der Waals surface area contributed by atoms with Gasteiger partial charge >= 0.3 is 5.51 Å². The van der Waals surface area contributed by atoms with Gasteiger partial charge in [-0.2, -0.15) is 13.2 Å². The maximum absolute atomic E-state index is 14.2. The Morgan fingerprint density at radius 2 is 1.54 bits per heavy atom. The zero-order valence-corrected chi connectivity index (χ0v) is 39.7. The highest BCUT2D eigenvalue weighted by Crippen LogP contribution is 2.43. The van der Waals surface area contributed by atoms with E-state index in [1.807, 2.05) is 47.2 Å². The summed E-state index contributed by atoms with van der Waals surface area (Å²) in [5.74, 6) is -1.02. The van der Waals surface area contributed by atoms with Gasteiger partial charge in [0.15, 0.2) is 0 Å². The number of rotatable bonds is 16. The molecule has 2 heterocycles. The lowest BCUT2D eigenvalue weighted by Gasteiger charge is -2.39. The number of carbonyl (C=O) groups excluding carboxylic acids is 1. The smallest absolute Gasteiger partial charge is 0.379 e. The number of hydrogen-bond acceptors (Lipinski definition) is 11. The van der Waals surface area contributed by atoms with Crippen LogP contribution in [0.2, 0.25) is 5.02 Å². The number of sulfone groups is 1. The van der Waals surface area contributed by atoms with E-state index in [0.717, 1.165) is 87.8 Å².